The molecule has 0 radical (unpaired) electrons. The van der Waals surface area contributed by atoms with Crippen LogP contribution in [-0.2, 0) is 0 Å². The summed E-state index contributed by atoms with van der Waals surface area (Å²) < 4.78 is 5.47. The third-order valence-electron chi connectivity index (χ3n) is 4.44. The molecule has 2 bridgehead atoms. The maximum Gasteiger partial charge on any atom is 0.192 e. The minimum atomic E-state index is 0.208. The van der Waals surface area contributed by atoms with E-state index in [1.165, 1.54) is 12.8 Å². The zero-order valence-corrected chi connectivity index (χ0v) is 12.3. The van der Waals surface area contributed by atoms with Gasteiger partial charge in [0.25, 0.3) is 0 Å². The highest BCUT2D eigenvalue weighted by atomic mass is 32.2. The third-order valence-corrected chi connectivity index (χ3v) is 6.07. The molecule has 4 rings (SSSR count). The largest absolute Gasteiger partial charge is 0.441 e. The standard InChI is InChI=1S/C16H17NO2S/c1-9-17-14-8-10(2-5-15(14)19-9)16(18)11-6-12-3-4-13(7-11)20-12/h2,5,8,11-13H,3-4,6-7H2,1H3. The van der Waals surface area contributed by atoms with Crippen LogP contribution in [0.3, 0.4) is 0 Å². The van der Waals surface area contributed by atoms with E-state index in [-0.39, 0.29) is 5.92 Å². The van der Waals surface area contributed by atoms with Gasteiger partial charge in [0.1, 0.15) is 5.52 Å². The fraction of sp³-hybridized carbons (Fsp3) is 0.500. The molecule has 2 fully saturated rings. The average molecular weight is 287 g/mol. The summed E-state index contributed by atoms with van der Waals surface area (Å²) in [4.78, 5) is 17.0. The Morgan fingerprint density at radius 1 is 1.30 bits per heavy atom. The number of Topliss-reactive ketones (excluding diaryl/α,β-unsaturated/α-hetero) is 1. The van der Waals surface area contributed by atoms with Gasteiger partial charge in [0, 0.05) is 28.9 Å². The first-order valence-electron chi connectivity index (χ1n) is 7.26. The van der Waals surface area contributed by atoms with E-state index >= 15 is 0 Å². The van der Waals surface area contributed by atoms with Crippen LogP contribution in [0.2, 0.25) is 0 Å². The number of fused-ring (bicyclic) bond motifs is 3. The number of benzene rings is 1. The maximum atomic E-state index is 12.7. The fourth-order valence-electron chi connectivity index (χ4n) is 3.50. The van der Waals surface area contributed by atoms with Gasteiger partial charge in [-0.2, -0.15) is 11.8 Å². The van der Waals surface area contributed by atoms with Crippen molar-refractivity contribution < 1.29 is 9.21 Å². The third kappa shape index (κ3) is 2.06. The fourth-order valence-corrected chi connectivity index (χ4v) is 5.28. The average Bonchev–Trinajstić information content (AvgIpc) is 2.98. The molecule has 2 atom stereocenters. The Morgan fingerprint density at radius 2 is 2.05 bits per heavy atom. The number of nitrogens with zero attached hydrogens (tertiary/aromatic N) is 1. The molecule has 20 heavy (non-hydrogen) atoms. The number of hydrogen-bond donors (Lipinski definition) is 0. The molecule has 0 amide bonds. The van der Waals surface area contributed by atoms with Gasteiger partial charge in [-0.1, -0.05) is 0 Å². The lowest BCUT2D eigenvalue weighted by molar-refractivity contribution is 0.0907. The van der Waals surface area contributed by atoms with E-state index in [0.717, 1.165) is 29.5 Å². The normalized spacial score (nSPS) is 28.9. The summed E-state index contributed by atoms with van der Waals surface area (Å²) in [5.41, 5.74) is 2.35. The number of hydrogen-bond acceptors (Lipinski definition) is 4. The van der Waals surface area contributed by atoms with Gasteiger partial charge in [0.2, 0.25) is 0 Å². The van der Waals surface area contributed by atoms with Crippen LogP contribution >= 0.6 is 11.8 Å². The van der Waals surface area contributed by atoms with Crippen LogP contribution in [0.1, 0.15) is 41.9 Å². The van der Waals surface area contributed by atoms with Crippen molar-refractivity contribution in [2.45, 2.75) is 43.1 Å². The number of oxazole rings is 1. The van der Waals surface area contributed by atoms with Gasteiger partial charge in [-0.3, -0.25) is 4.79 Å². The van der Waals surface area contributed by atoms with Crippen molar-refractivity contribution in [1.82, 2.24) is 4.98 Å². The summed E-state index contributed by atoms with van der Waals surface area (Å²) in [7, 11) is 0. The molecule has 2 aliphatic rings. The number of aromatic nitrogens is 1. The van der Waals surface area contributed by atoms with Crippen LogP contribution in [-0.4, -0.2) is 21.3 Å². The number of rotatable bonds is 2. The van der Waals surface area contributed by atoms with Crippen LogP contribution < -0.4 is 0 Å². The Hall–Kier alpha value is -1.29. The first-order valence-corrected chi connectivity index (χ1v) is 8.20. The van der Waals surface area contributed by atoms with Gasteiger partial charge in [0.15, 0.2) is 17.3 Å². The summed E-state index contributed by atoms with van der Waals surface area (Å²) in [6.45, 7) is 1.83. The first kappa shape index (κ1) is 12.5. The number of carbonyl (C=O) groups is 1. The van der Waals surface area contributed by atoms with Gasteiger partial charge in [-0.05, 0) is 43.9 Å². The monoisotopic (exact) mass is 287 g/mol. The zero-order valence-electron chi connectivity index (χ0n) is 11.5. The van der Waals surface area contributed by atoms with Crippen LogP contribution in [0.5, 0.6) is 0 Å². The van der Waals surface area contributed by atoms with E-state index in [4.69, 9.17) is 4.42 Å². The van der Waals surface area contributed by atoms with Gasteiger partial charge in [-0.25, -0.2) is 4.98 Å². The summed E-state index contributed by atoms with van der Waals surface area (Å²) in [5, 5.41) is 1.42. The van der Waals surface area contributed by atoms with Crippen molar-refractivity contribution in [2.75, 3.05) is 0 Å². The summed E-state index contributed by atoms with van der Waals surface area (Å²) >= 11 is 2.09. The van der Waals surface area contributed by atoms with Crippen LogP contribution in [0, 0.1) is 12.8 Å². The van der Waals surface area contributed by atoms with Crippen LogP contribution in [0.15, 0.2) is 22.6 Å². The van der Waals surface area contributed by atoms with Gasteiger partial charge < -0.3 is 4.42 Å². The molecule has 0 aliphatic carbocycles. The highest BCUT2D eigenvalue weighted by Crippen LogP contribution is 2.46. The molecule has 104 valence electrons. The predicted molar refractivity (Wildman–Crippen MR) is 80.2 cm³/mol. The summed E-state index contributed by atoms with van der Waals surface area (Å²) in [6.07, 6.45) is 4.69. The molecule has 3 heterocycles. The lowest BCUT2D eigenvalue weighted by Crippen LogP contribution is -2.24. The topological polar surface area (TPSA) is 43.1 Å². The Morgan fingerprint density at radius 3 is 2.80 bits per heavy atom. The van der Waals surface area contributed by atoms with E-state index in [1.807, 2.05) is 25.1 Å². The SMILES string of the molecule is Cc1nc2cc(C(=O)C3CC4CCC(C3)S4)ccc2o1. The molecule has 2 unspecified atom stereocenters. The Balaban J connectivity index is 1.63. The predicted octanol–water partition coefficient (Wildman–Crippen LogP) is 3.99. The molecule has 2 aromatic rings. The summed E-state index contributed by atoms with van der Waals surface area (Å²) in [6, 6.07) is 5.64. The van der Waals surface area contributed by atoms with Crippen molar-refractivity contribution in [3.63, 3.8) is 0 Å². The molecule has 2 saturated heterocycles. The van der Waals surface area contributed by atoms with E-state index in [2.05, 4.69) is 16.7 Å². The Bertz CT molecular complexity index is 666. The van der Waals surface area contributed by atoms with E-state index in [0.29, 0.717) is 22.2 Å². The second-order valence-electron chi connectivity index (χ2n) is 5.91. The van der Waals surface area contributed by atoms with Crippen molar-refractivity contribution in [3.05, 3.63) is 29.7 Å². The Kier molecular flexibility index (Phi) is 2.88. The maximum absolute atomic E-state index is 12.7. The number of ketones is 1. The van der Waals surface area contributed by atoms with Crippen molar-refractivity contribution in [1.29, 1.82) is 0 Å². The summed E-state index contributed by atoms with van der Waals surface area (Å²) in [5.74, 6) is 1.15. The first-order chi connectivity index (χ1) is 9.69. The van der Waals surface area contributed by atoms with Gasteiger partial charge in [-0.15, -0.1) is 0 Å². The Labute approximate surface area is 122 Å². The number of thioether (sulfide) groups is 1. The molecule has 0 spiro atoms. The van der Waals surface area contributed by atoms with Gasteiger partial charge in [0.05, 0.1) is 0 Å². The zero-order chi connectivity index (χ0) is 13.7. The molecule has 1 aromatic carbocycles. The number of aryl methyl sites for hydroxylation is 1. The second-order valence-corrected chi connectivity index (χ2v) is 7.51. The van der Waals surface area contributed by atoms with Crippen molar-refractivity contribution in [2.24, 2.45) is 5.92 Å². The smallest absolute Gasteiger partial charge is 0.192 e. The molecule has 2 aliphatic heterocycles. The van der Waals surface area contributed by atoms with Crippen molar-refractivity contribution in [3.8, 4) is 0 Å². The molecule has 1 aromatic heterocycles. The van der Waals surface area contributed by atoms with Crippen molar-refractivity contribution >= 4 is 28.6 Å². The molecule has 0 N–H and O–H groups in total. The van der Waals surface area contributed by atoms with E-state index in [9.17, 15) is 4.79 Å². The molecule has 0 saturated carbocycles. The highest BCUT2D eigenvalue weighted by molar-refractivity contribution is 8.00. The number of carbonyl (C=O) groups excluding carboxylic acids is 1. The second kappa shape index (κ2) is 4.62. The van der Waals surface area contributed by atoms with Crippen LogP contribution in [0.4, 0.5) is 0 Å². The molecular weight excluding hydrogens is 270 g/mol. The lowest BCUT2D eigenvalue weighted by atomic mass is 9.90. The minimum absolute atomic E-state index is 0.208. The molecule has 4 heteroatoms. The van der Waals surface area contributed by atoms with E-state index < -0.39 is 0 Å². The molecule has 3 nitrogen and oxygen atoms in total. The highest BCUT2D eigenvalue weighted by Gasteiger charge is 2.37. The minimum Gasteiger partial charge on any atom is -0.441 e. The van der Waals surface area contributed by atoms with E-state index in [1.54, 1.807) is 0 Å². The quantitative estimate of drug-likeness (QED) is 0.783. The lowest BCUT2D eigenvalue weighted by Gasteiger charge is -2.26. The van der Waals surface area contributed by atoms with Gasteiger partial charge >= 0.3 is 0 Å². The molecular formula is C16H17NO2S. The van der Waals surface area contributed by atoms with Crippen LogP contribution in [0.25, 0.3) is 11.1 Å².